The van der Waals surface area contributed by atoms with Gasteiger partial charge >= 0.3 is 0 Å². The standard InChI is InChI=1S/C13H19BrFN/c1-2-3-4-5-8-16-10-11-6-7-12(15)9-13(11)14/h6-7,9,16H,2-5,8,10H2,1H3. The minimum Gasteiger partial charge on any atom is -0.313 e. The van der Waals surface area contributed by atoms with Gasteiger partial charge in [-0.3, -0.25) is 0 Å². The highest BCUT2D eigenvalue weighted by Crippen LogP contribution is 2.17. The highest BCUT2D eigenvalue weighted by atomic mass is 79.9. The first kappa shape index (κ1) is 13.7. The lowest BCUT2D eigenvalue weighted by atomic mass is 10.2. The predicted molar refractivity (Wildman–Crippen MR) is 69.9 cm³/mol. The van der Waals surface area contributed by atoms with Crippen LogP contribution in [0.3, 0.4) is 0 Å². The first-order valence-electron chi connectivity index (χ1n) is 5.88. The van der Waals surface area contributed by atoms with E-state index < -0.39 is 0 Å². The summed E-state index contributed by atoms with van der Waals surface area (Å²) in [6.07, 6.45) is 5.08. The normalized spacial score (nSPS) is 10.7. The van der Waals surface area contributed by atoms with Crippen molar-refractivity contribution in [3.05, 3.63) is 34.1 Å². The first-order chi connectivity index (χ1) is 7.74. The van der Waals surface area contributed by atoms with Crippen molar-refractivity contribution in [3.63, 3.8) is 0 Å². The van der Waals surface area contributed by atoms with Crippen LogP contribution in [0.25, 0.3) is 0 Å². The summed E-state index contributed by atoms with van der Waals surface area (Å²) in [4.78, 5) is 0. The van der Waals surface area contributed by atoms with E-state index in [1.54, 1.807) is 0 Å². The molecule has 0 heterocycles. The van der Waals surface area contributed by atoms with Crippen LogP contribution in [-0.2, 0) is 6.54 Å². The van der Waals surface area contributed by atoms with E-state index in [1.165, 1.54) is 37.8 Å². The third-order valence-corrected chi connectivity index (χ3v) is 3.28. The lowest BCUT2D eigenvalue weighted by molar-refractivity contribution is 0.595. The van der Waals surface area contributed by atoms with Gasteiger partial charge < -0.3 is 5.32 Å². The molecule has 1 nitrogen and oxygen atoms in total. The summed E-state index contributed by atoms with van der Waals surface area (Å²) in [5.41, 5.74) is 1.11. The smallest absolute Gasteiger partial charge is 0.124 e. The Morgan fingerprint density at radius 2 is 2.06 bits per heavy atom. The number of hydrogen-bond acceptors (Lipinski definition) is 1. The molecule has 3 heteroatoms. The fraction of sp³-hybridized carbons (Fsp3) is 0.538. The minimum absolute atomic E-state index is 0.196. The van der Waals surface area contributed by atoms with Gasteiger partial charge in [0.15, 0.2) is 0 Å². The van der Waals surface area contributed by atoms with Crippen molar-refractivity contribution in [1.82, 2.24) is 5.32 Å². The van der Waals surface area contributed by atoms with Gasteiger partial charge in [0.05, 0.1) is 0 Å². The van der Waals surface area contributed by atoms with E-state index in [4.69, 9.17) is 0 Å². The summed E-state index contributed by atoms with van der Waals surface area (Å²) in [5.74, 6) is -0.196. The molecule has 0 radical (unpaired) electrons. The molecule has 1 aromatic rings. The Balaban J connectivity index is 2.21. The van der Waals surface area contributed by atoms with Crippen molar-refractivity contribution in [3.8, 4) is 0 Å². The average Bonchev–Trinajstić information content (AvgIpc) is 2.26. The Kier molecular flexibility index (Phi) is 6.65. The van der Waals surface area contributed by atoms with Gasteiger partial charge in [-0.25, -0.2) is 4.39 Å². The van der Waals surface area contributed by atoms with Gasteiger partial charge in [-0.05, 0) is 30.7 Å². The van der Waals surface area contributed by atoms with E-state index in [1.807, 2.05) is 6.07 Å². The fourth-order valence-electron chi connectivity index (χ4n) is 1.56. The molecule has 1 rings (SSSR count). The Morgan fingerprint density at radius 1 is 1.25 bits per heavy atom. The molecule has 0 aliphatic rings. The van der Waals surface area contributed by atoms with Crippen molar-refractivity contribution in [2.75, 3.05) is 6.54 Å². The van der Waals surface area contributed by atoms with Gasteiger partial charge in [0, 0.05) is 11.0 Å². The molecular weight excluding hydrogens is 269 g/mol. The van der Waals surface area contributed by atoms with E-state index in [9.17, 15) is 4.39 Å². The first-order valence-corrected chi connectivity index (χ1v) is 6.68. The Bertz CT molecular complexity index is 315. The molecule has 0 unspecified atom stereocenters. The van der Waals surface area contributed by atoms with Crippen LogP contribution in [0.2, 0.25) is 0 Å². The van der Waals surface area contributed by atoms with Gasteiger partial charge in [-0.2, -0.15) is 0 Å². The Labute approximate surface area is 106 Å². The molecule has 0 saturated carbocycles. The van der Waals surface area contributed by atoms with Crippen molar-refractivity contribution in [2.45, 2.75) is 39.2 Å². The zero-order chi connectivity index (χ0) is 11.8. The summed E-state index contributed by atoms with van der Waals surface area (Å²) in [6, 6.07) is 4.82. The second kappa shape index (κ2) is 7.80. The zero-order valence-electron chi connectivity index (χ0n) is 9.73. The van der Waals surface area contributed by atoms with E-state index in [0.717, 1.165) is 23.1 Å². The highest BCUT2D eigenvalue weighted by Gasteiger charge is 2.00. The summed E-state index contributed by atoms with van der Waals surface area (Å²) in [7, 11) is 0. The third kappa shape index (κ3) is 5.08. The number of benzene rings is 1. The van der Waals surface area contributed by atoms with Crippen LogP contribution in [0.15, 0.2) is 22.7 Å². The lowest BCUT2D eigenvalue weighted by Gasteiger charge is -2.06. The number of rotatable bonds is 7. The minimum atomic E-state index is -0.196. The second-order valence-electron chi connectivity index (χ2n) is 3.97. The quantitative estimate of drug-likeness (QED) is 0.739. The molecule has 0 spiro atoms. The highest BCUT2D eigenvalue weighted by molar-refractivity contribution is 9.10. The molecule has 0 fully saturated rings. The molecule has 90 valence electrons. The molecule has 0 atom stereocenters. The predicted octanol–water partition coefficient (Wildman–Crippen LogP) is 4.26. The Hall–Kier alpha value is -0.410. The number of unbranched alkanes of at least 4 members (excludes halogenated alkanes) is 3. The van der Waals surface area contributed by atoms with E-state index in [0.29, 0.717) is 0 Å². The van der Waals surface area contributed by atoms with Crippen LogP contribution in [0.5, 0.6) is 0 Å². The number of halogens is 2. The van der Waals surface area contributed by atoms with Crippen LogP contribution in [0.4, 0.5) is 4.39 Å². The monoisotopic (exact) mass is 287 g/mol. The molecule has 1 aromatic carbocycles. The summed E-state index contributed by atoms with van der Waals surface area (Å²) >= 11 is 3.36. The van der Waals surface area contributed by atoms with Crippen LogP contribution in [0, 0.1) is 5.82 Å². The fourth-order valence-corrected chi connectivity index (χ4v) is 2.06. The van der Waals surface area contributed by atoms with E-state index in [2.05, 4.69) is 28.2 Å². The van der Waals surface area contributed by atoms with Gasteiger partial charge in [-0.1, -0.05) is 48.2 Å². The number of hydrogen-bond donors (Lipinski definition) is 1. The summed E-state index contributed by atoms with van der Waals surface area (Å²) < 4.78 is 13.7. The van der Waals surface area contributed by atoms with Crippen molar-refractivity contribution in [2.24, 2.45) is 0 Å². The second-order valence-corrected chi connectivity index (χ2v) is 4.83. The maximum atomic E-state index is 12.8. The van der Waals surface area contributed by atoms with Gasteiger partial charge in [0.25, 0.3) is 0 Å². The topological polar surface area (TPSA) is 12.0 Å². The number of nitrogens with one attached hydrogen (secondary N) is 1. The van der Waals surface area contributed by atoms with Crippen LogP contribution in [0.1, 0.15) is 38.2 Å². The zero-order valence-corrected chi connectivity index (χ0v) is 11.3. The van der Waals surface area contributed by atoms with E-state index >= 15 is 0 Å². The van der Waals surface area contributed by atoms with Crippen LogP contribution in [-0.4, -0.2) is 6.54 Å². The largest absolute Gasteiger partial charge is 0.313 e. The van der Waals surface area contributed by atoms with Gasteiger partial charge in [-0.15, -0.1) is 0 Å². The van der Waals surface area contributed by atoms with Crippen LogP contribution < -0.4 is 5.32 Å². The van der Waals surface area contributed by atoms with Crippen molar-refractivity contribution < 1.29 is 4.39 Å². The Morgan fingerprint density at radius 3 is 2.75 bits per heavy atom. The maximum absolute atomic E-state index is 12.8. The van der Waals surface area contributed by atoms with Gasteiger partial charge in [0.1, 0.15) is 5.82 Å². The SMILES string of the molecule is CCCCCCNCc1ccc(F)cc1Br. The maximum Gasteiger partial charge on any atom is 0.124 e. The third-order valence-electron chi connectivity index (χ3n) is 2.54. The van der Waals surface area contributed by atoms with Gasteiger partial charge in [0.2, 0.25) is 0 Å². The van der Waals surface area contributed by atoms with Crippen molar-refractivity contribution >= 4 is 15.9 Å². The molecule has 1 N–H and O–H groups in total. The molecule has 0 amide bonds. The van der Waals surface area contributed by atoms with Crippen molar-refractivity contribution in [1.29, 1.82) is 0 Å². The average molecular weight is 288 g/mol. The molecule has 0 aliphatic carbocycles. The summed E-state index contributed by atoms with van der Waals surface area (Å²) in [5, 5.41) is 3.37. The molecule has 0 aromatic heterocycles. The molecule has 16 heavy (non-hydrogen) atoms. The van der Waals surface area contributed by atoms with Crippen LogP contribution >= 0.6 is 15.9 Å². The molecule has 0 saturated heterocycles. The molecular formula is C13H19BrFN. The molecule has 0 bridgehead atoms. The van der Waals surface area contributed by atoms with E-state index in [-0.39, 0.29) is 5.82 Å². The molecule has 0 aliphatic heterocycles. The summed E-state index contributed by atoms with van der Waals surface area (Å²) in [6.45, 7) is 4.04. The lowest BCUT2D eigenvalue weighted by Crippen LogP contribution is -2.15.